The van der Waals surface area contributed by atoms with Gasteiger partial charge in [0.1, 0.15) is 5.69 Å². The van der Waals surface area contributed by atoms with Crippen molar-refractivity contribution in [2.75, 3.05) is 5.23 Å². The van der Waals surface area contributed by atoms with Crippen LogP contribution in [0.15, 0.2) is 18.2 Å². The zero-order chi connectivity index (χ0) is 11.0. The molecule has 2 N–H and O–H groups in total. The standard InChI is InChI=1S/C8H6F2N3O2/c9-8(10)7-5-3-4(13(14)15)1-2-6(5)11-12-7/h1-3,8,14H,(H,11,12)/q-1. The molecular formula is C8H6F2N3O2-. The van der Waals surface area contributed by atoms with Gasteiger partial charge in [-0.1, -0.05) is 0 Å². The van der Waals surface area contributed by atoms with Crippen LogP contribution in [0.25, 0.3) is 10.9 Å². The first kappa shape index (κ1) is 9.81. The molecule has 0 saturated heterocycles. The first-order valence-electron chi connectivity index (χ1n) is 4.02. The number of aromatic nitrogens is 2. The van der Waals surface area contributed by atoms with Gasteiger partial charge in [0.2, 0.25) is 0 Å². The lowest BCUT2D eigenvalue weighted by Gasteiger charge is -2.21. The molecule has 2 aromatic rings. The lowest BCUT2D eigenvalue weighted by molar-refractivity contribution is 0.147. The maximum atomic E-state index is 12.4. The molecule has 5 nitrogen and oxygen atoms in total. The highest BCUT2D eigenvalue weighted by Gasteiger charge is 2.14. The van der Waals surface area contributed by atoms with Crippen molar-refractivity contribution in [2.45, 2.75) is 6.43 Å². The van der Waals surface area contributed by atoms with E-state index in [-0.39, 0.29) is 22.0 Å². The fourth-order valence-corrected chi connectivity index (χ4v) is 1.30. The molecule has 0 spiro atoms. The smallest absolute Gasteiger partial charge is 0.280 e. The normalized spacial score (nSPS) is 11.3. The average Bonchev–Trinajstić information content (AvgIpc) is 2.59. The molecule has 0 amide bonds. The van der Waals surface area contributed by atoms with E-state index in [1.165, 1.54) is 12.1 Å². The molecule has 0 bridgehead atoms. The van der Waals surface area contributed by atoms with E-state index in [9.17, 15) is 14.0 Å². The number of hydrogen-bond donors (Lipinski definition) is 2. The number of anilines is 1. The van der Waals surface area contributed by atoms with E-state index in [0.29, 0.717) is 5.52 Å². The Labute approximate surface area is 82.5 Å². The number of nitrogens with zero attached hydrogens (tertiary/aromatic N) is 2. The maximum absolute atomic E-state index is 12.4. The van der Waals surface area contributed by atoms with Crippen molar-refractivity contribution in [1.82, 2.24) is 10.2 Å². The highest BCUT2D eigenvalue weighted by Crippen LogP contribution is 2.28. The summed E-state index contributed by atoms with van der Waals surface area (Å²) in [6, 6.07) is 3.80. The van der Waals surface area contributed by atoms with E-state index in [0.717, 1.165) is 6.07 Å². The van der Waals surface area contributed by atoms with Gasteiger partial charge in [0.15, 0.2) is 0 Å². The van der Waals surface area contributed by atoms with Crippen molar-refractivity contribution in [2.24, 2.45) is 0 Å². The number of aromatic amines is 1. The van der Waals surface area contributed by atoms with Crippen LogP contribution in [0, 0.1) is 5.21 Å². The van der Waals surface area contributed by atoms with Crippen molar-refractivity contribution in [1.29, 1.82) is 0 Å². The maximum Gasteiger partial charge on any atom is 0.280 e. The molecule has 15 heavy (non-hydrogen) atoms. The summed E-state index contributed by atoms with van der Waals surface area (Å²) in [5.74, 6) is 0. The van der Waals surface area contributed by atoms with Gasteiger partial charge < -0.3 is 10.4 Å². The van der Waals surface area contributed by atoms with Gasteiger partial charge in [0, 0.05) is 5.39 Å². The van der Waals surface area contributed by atoms with E-state index in [2.05, 4.69) is 10.2 Å². The van der Waals surface area contributed by atoms with E-state index >= 15 is 0 Å². The number of hydrogen-bond acceptors (Lipinski definition) is 4. The molecule has 0 radical (unpaired) electrons. The summed E-state index contributed by atoms with van der Waals surface area (Å²) in [4.78, 5) is 0. The minimum Gasteiger partial charge on any atom is -0.733 e. The van der Waals surface area contributed by atoms with Crippen molar-refractivity contribution in [3.05, 3.63) is 29.1 Å². The zero-order valence-electron chi connectivity index (χ0n) is 7.32. The number of H-pyrrole nitrogens is 1. The van der Waals surface area contributed by atoms with Crippen LogP contribution in [-0.4, -0.2) is 15.4 Å². The van der Waals surface area contributed by atoms with Gasteiger partial charge in [-0.15, -0.1) is 0 Å². The summed E-state index contributed by atoms with van der Waals surface area (Å²) < 4.78 is 24.9. The van der Waals surface area contributed by atoms with Crippen molar-refractivity contribution in [3.63, 3.8) is 0 Å². The number of fused-ring (bicyclic) bond motifs is 1. The van der Waals surface area contributed by atoms with Crippen LogP contribution in [0.3, 0.4) is 0 Å². The van der Waals surface area contributed by atoms with Crippen LogP contribution in [0.4, 0.5) is 14.5 Å². The largest absolute Gasteiger partial charge is 0.733 e. The summed E-state index contributed by atoms with van der Waals surface area (Å²) in [6.45, 7) is 0. The molecule has 80 valence electrons. The van der Waals surface area contributed by atoms with Gasteiger partial charge in [-0.25, -0.2) is 8.78 Å². The SMILES string of the molecule is [O-]N(O)c1ccc2n[nH]c(C(F)F)c2c1. The molecular weight excluding hydrogens is 208 g/mol. The Morgan fingerprint density at radius 3 is 2.80 bits per heavy atom. The first-order chi connectivity index (χ1) is 7.09. The predicted molar refractivity (Wildman–Crippen MR) is 48.7 cm³/mol. The number of halogens is 2. The molecule has 0 aliphatic rings. The predicted octanol–water partition coefficient (Wildman–Crippen LogP) is 2.19. The zero-order valence-corrected chi connectivity index (χ0v) is 7.32. The fraction of sp³-hybridized carbons (Fsp3) is 0.125. The lowest BCUT2D eigenvalue weighted by Crippen LogP contribution is -2.06. The number of alkyl halides is 2. The van der Waals surface area contributed by atoms with Crippen LogP contribution < -0.4 is 5.23 Å². The Morgan fingerprint density at radius 1 is 1.47 bits per heavy atom. The minimum atomic E-state index is -2.70. The highest BCUT2D eigenvalue weighted by molar-refractivity contribution is 5.85. The molecule has 0 atom stereocenters. The van der Waals surface area contributed by atoms with Crippen LogP contribution in [-0.2, 0) is 0 Å². The Hall–Kier alpha value is -1.73. The molecule has 0 aliphatic heterocycles. The van der Waals surface area contributed by atoms with Crippen LogP contribution >= 0.6 is 0 Å². The third-order valence-corrected chi connectivity index (χ3v) is 2.01. The summed E-state index contributed by atoms with van der Waals surface area (Å²) in [6.07, 6.45) is -2.70. The summed E-state index contributed by atoms with van der Waals surface area (Å²) >= 11 is 0. The second-order valence-corrected chi connectivity index (χ2v) is 2.91. The Kier molecular flexibility index (Phi) is 2.25. The molecule has 2 rings (SSSR count). The molecule has 0 fully saturated rings. The van der Waals surface area contributed by atoms with Gasteiger partial charge in [0.05, 0.1) is 11.2 Å². The van der Waals surface area contributed by atoms with Gasteiger partial charge in [-0.3, -0.25) is 10.3 Å². The van der Waals surface area contributed by atoms with Gasteiger partial charge in [-0.05, 0) is 18.2 Å². The van der Waals surface area contributed by atoms with Crippen LogP contribution in [0.1, 0.15) is 12.1 Å². The Bertz CT molecular complexity index is 484. The third kappa shape index (κ3) is 1.62. The van der Waals surface area contributed by atoms with Gasteiger partial charge >= 0.3 is 0 Å². The molecule has 1 heterocycles. The Morgan fingerprint density at radius 2 is 2.20 bits per heavy atom. The summed E-state index contributed by atoms with van der Waals surface area (Å²) in [5.41, 5.74) is -0.171. The van der Waals surface area contributed by atoms with E-state index < -0.39 is 6.43 Å². The van der Waals surface area contributed by atoms with Crippen molar-refractivity contribution >= 4 is 16.6 Å². The monoisotopic (exact) mass is 214 g/mol. The first-order valence-corrected chi connectivity index (χ1v) is 4.02. The topological polar surface area (TPSA) is 75.2 Å². The second kappa shape index (κ2) is 3.44. The molecule has 0 aliphatic carbocycles. The lowest BCUT2D eigenvalue weighted by atomic mass is 10.2. The average molecular weight is 214 g/mol. The summed E-state index contributed by atoms with van der Waals surface area (Å²) in [7, 11) is 0. The minimum absolute atomic E-state index is 0.120. The van der Waals surface area contributed by atoms with Crippen LogP contribution in [0.5, 0.6) is 0 Å². The van der Waals surface area contributed by atoms with E-state index in [1.54, 1.807) is 0 Å². The highest BCUT2D eigenvalue weighted by atomic mass is 19.3. The van der Waals surface area contributed by atoms with Crippen LogP contribution in [0.2, 0.25) is 0 Å². The molecule has 0 saturated carbocycles. The molecule has 0 unspecified atom stereocenters. The molecule has 7 heteroatoms. The van der Waals surface area contributed by atoms with E-state index in [1.807, 2.05) is 0 Å². The molecule has 1 aromatic heterocycles. The van der Waals surface area contributed by atoms with Gasteiger partial charge in [-0.2, -0.15) is 5.10 Å². The Balaban J connectivity index is 2.61. The fourth-order valence-electron chi connectivity index (χ4n) is 1.30. The third-order valence-electron chi connectivity index (χ3n) is 2.01. The van der Waals surface area contributed by atoms with Gasteiger partial charge in [0.25, 0.3) is 6.43 Å². The number of nitrogens with one attached hydrogen (secondary N) is 1. The number of benzene rings is 1. The summed E-state index contributed by atoms with van der Waals surface area (Å²) in [5, 5.41) is 24.7. The van der Waals surface area contributed by atoms with Crippen molar-refractivity contribution < 1.29 is 14.0 Å². The molecule has 1 aromatic carbocycles. The quantitative estimate of drug-likeness (QED) is 0.751. The van der Waals surface area contributed by atoms with Crippen molar-refractivity contribution in [3.8, 4) is 0 Å². The van der Waals surface area contributed by atoms with E-state index in [4.69, 9.17) is 5.21 Å². The second-order valence-electron chi connectivity index (χ2n) is 2.91. The number of rotatable bonds is 2.